The van der Waals surface area contributed by atoms with Gasteiger partial charge >= 0.3 is 22.9 Å². The summed E-state index contributed by atoms with van der Waals surface area (Å²) in [5.41, 5.74) is -1.10. The molecule has 98 valence electrons. The van der Waals surface area contributed by atoms with Crippen molar-refractivity contribution in [1.29, 1.82) is 0 Å². The van der Waals surface area contributed by atoms with Crippen molar-refractivity contribution < 1.29 is 14.6 Å². The fraction of sp³-hybridized carbons (Fsp3) is 0.286. The van der Waals surface area contributed by atoms with Crippen LogP contribution in [-0.2, 0) is 16.2 Å². The number of rotatable bonds is 5. The van der Waals surface area contributed by atoms with E-state index in [0.717, 1.165) is 10.8 Å². The van der Waals surface area contributed by atoms with Crippen molar-refractivity contribution in [3.8, 4) is 0 Å². The highest BCUT2D eigenvalue weighted by Gasteiger charge is 2.15. The van der Waals surface area contributed by atoms with E-state index in [9.17, 15) is 24.5 Å². The fourth-order valence-corrected chi connectivity index (χ4v) is 1.12. The first kappa shape index (κ1) is 13.5. The third kappa shape index (κ3) is 3.23. The Morgan fingerprint density at radius 2 is 2.28 bits per heavy atom. The minimum absolute atomic E-state index is 0.197. The number of hydrogen-bond donors (Lipinski definition) is 3. The van der Waals surface area contributed by atoms with Crippen LogP contribution in [0.1, 0.15) is 6.42 Å². The first-order valence-electron chi connectivity index (χ1n) is 4.59. The van der Waals surface area contributed by atoms with E-state index in [-0.39, 0.29) is 13.0 Å². The molecule has 0 aliphatic heterocycles. The summed E-state index contributed by atoms with van der Waals surface area (Å²) in [6.07, 6.45) is 0.498. The van der Waals surface area contributed by atoms with E-state index < -0.39 is 27.8 Å². The summed E-state index contributed by atoms with van der Waals surface area (Å²) in [6, 6.07) is 0. The second kappa shape index (κ2) is 5.70. The highest BCUT2D eigenvalue weighted by Crippen LogP contribution is 1.99. The maximum absolute atomic E-state index is 11.3. The van der Waals surface area contributed by atoms with E-state index in [1.54, 1.807) is 10.6 Å². The molecular weight excluding hydrogens is 250 g/mol. The Morgan fingerprint density at radius 3 is 2.83 bits per heavy atom. The van der Waals surface area contributed by atoms with Crippen molar-refractivity contribution in [3.05, 3.63) is 37.1 Å². The Morgan fingerprint density at radius 1 is 1.61 bits per heavy atom. The van der Waals surface area contributed by atoms with Gasteiger partial charge in [0.1, 0.15) is 0 Å². The molecule has 0 bridgehead atoms. The predicted octanol–water partition coefficient (Wildman–Crippen LogP) is -2.24. The molecule has 0 unspecified atom stereocenters. The van der Waals surface area contributed by atoms with E-state index in [0.29, 0.717) is 0 Å². The lowest BCUT2D eigenvalue weighted by molar-refractivity contribution is -0.386. The smallest absolute Gasteiger partial charge is 0.350 e. The first-order chi connectivity index (χ1) is 8.45. The number of H-pyrrole nitrogens is 1. The van der Waals surface area contributed by atoms with Gasteiger partial charge in [-0.1, -0.05) is 5.59 Å². The number of nitro groups is 1. The lowest BCUT2D eigenvalue weighted by Crippen LogP contribution is -2.32. The van der Waals surface area contributed by atoms with Crippen LogP contribution in [0.5, 0.6) is 0 Å². The molecule has 0 fully saturated rings. The number of nitrogens with zero attached hydrogens (tertiary/aromatic N) is 2. The number of aromatic amines is 1. The Balaban J connectivity index is 2.93. The predicted molar refractivity (Wildman–Crippen MR) is 56.0 cm³/mol. The number of aryl methyl sites for hydroxylation is 1. The van der Waals surface area contributed by atoms with Gasteiger partial charge in [0.2, 0.25) is 0 Å². The third-order valence-electron chi connectivity index (χ3n) is 1.92. The SMILES string of the molecule is NNOC(=O)CCn1cc([N+](=O)[O-])c(=O)[nH]c1=O. The van der Waals surface area contributed by atoms with Gasteiger partial charge in [-0.25, -0.2) is 10.6 Å². The summed E-state index contributed by atoms with van der Waals surface area (Å²) in [7, 11) is 0. The molecule has 1 rings (SSSR count). The fourth-order valence-electron chi connectivity index (χ4n) is 1.12. The van der Waals surface area contributed by atoms with Crippen LogP contribution in [0, 0.1) is 10.1 Å². The number of carbonyl (C=O) groups excluding carboxylic acids is 1. The molecule has 11 nitrogen and oxygen atoms in total. The second-order valence-corrected chi connectivity index (χ2v) is 3.07. The molecule has 0 aromatic carbocycles. The van der Waals surface area contributed by atoms with Gasteiger partial charge in [-0.3, -0.25) is 29.3 Å². The van der Waals surface area contributed by atoms with Crippen LogP contribution < -0.4 is 22.7 Å². The largest absolute Gasteiger partial charge is 0.356 e. The molecule has 0 saturated carbocycles. The van der Waals surface area contributed by atoms with E-state index in [1.807, 2.05) is 0 Å². The zero-order valence-electron chi connectivity index (χ0n) is 8.91. The minimum atomic E-state index is -1.10. The third-order valence-corrected chi connectivity index (χ3v) is 1.92. The van der Waals surface area contributed by atoms with Gasteiger partial charge in [0.05, 0.1) is 17.5 Å². The second-order valence-electron chi connectivity index (χ2n) is 3.07. The summed E-state index contributed by atoms with van der Waals surface area (Å²) in [5.74, 6) is 3.95. The Labute approximate surface area is 98.2 Å². The number of hydrogen-bond acceptors (Lipinski definition) is 8. The number of nitrogens with two attached hydrogens (primary N) is 1. The van der Waals surface area contributed by atoms with Crippen LogP contribution in [-0.4, -0.2) is 20.4 Å². The highest BCUT2D eigenvalue weighted by atomic mass is 16.7. The molecule has 0 aliphatic rings. The monoisotopic (exact) mass is 259 g/mol. The molecule has 0 spiro atoms. The van der Waals surface area contributed by atoms with E-state index in [1.165, 1.54) is 0 Å². The maximum atomic E-state index is 11.3. The van der Waals surface area contributed by atoms with E-state index in [2.05, 4.69) is 4.84 Å². The van der Waals surface area contributed by atoms with Crippen LogP contribution in [0.2, 0.25) is 0 Å². The van der Waals surface area contributed by atoms with Crippen molar-refractivity contribution in [3.63, 3.8) is 0 Å². The molecule has 0 amide bonds. The van der Waals surface area contributed by atoms with Gasteiger partial charge in [-0.15, -0.1) is 0 Å². The molecular formula is C7H9N5O6. The van der Waals surface area contributed by atoms with Crippen molar-refractivity contribution >= 4 is 11.7 Å². The highest BCUT2D eigenvalue weighted by molar-refractivity contribution is 5.68. The Bertz CT molecular complexity index is 574. The topological polar surface area (TPSA) is 162 Å². The standard InChI is InChI=1S/C7H9N5O6/c8-10-18-5(13)1-2-11-3-4(12(16)17)6(14)9-7(11)15/h3,10H,1-2,8H2,(H,9,14,15). The zero-order chi connectivity index (χ0) is 13.7. The molecule has 1 aromatic heterocycles. The molecule has 0 atom stereocenters. The lowest BCUT2D eigenvalue weighted by Gasteiger charge is -2.04. The summed E-state index contributed by atoms with van der Waals surface area (Å²) < 4.78 is 0.817. The summed E-state index contributed by atoms with van der Waals surface area (Å²) >= 11 is 0. The van der Waals surface area contributed by atoms with Gasteiger partial charge < -0.3 is 4.84 Å². The lowest BCUT2D eigenvalue weighted by atomic mass is 10.4. The van der Waals surface area contributed by atoms with Gasteiger partial charge in [-0.2, -0.15) is 0 Å². The number of hydrazine groups is 1. The number of aromatic nitrogens is 2. The number of nitrogens with one attached hydrogen (secondary N) is 2. The van der Waals surface area contributed by atoms with Gasteiger partial charge in [0.25, 0.3) is 0 Å². The molecule has 1 heterocycles. The van der Waals surface area contributed by atoms with E-state index >= 15 is 0 Å². The van der Waals surface area contributed by atoms with Gasteiger partial charge in [0, 0.05) is 6.54 Å². The summed E-state index contributed by atoms with van der Waals surface area (Å²) in [4.78, 5) is 48.7. The van der Waals surface area contributed by atoms with Crippen molar-refractivity contribution in [2.45, 2.75) is 13.0 Å². The quantitative estimate of drug-likeness (QED) is 0.303. The molecule has 0 radical (unpaired) electrons. The van der Waals surface area contributed by atoms with Crippen LogP contribution in [0.15, 0.2) is 15.8 Å². The van der Waals surface area contributed by atoms with E-state index in [4.69, 9.17) is 5.84 Å². The first-order valence-corrected chi connectivity index (χ1v) is 4.59. The average molecular weight is 259 g/mol. The van der Waals surface area contributed by atoms with Gasteiger partial charge in [0.15, 0.2) is 0 Å². The molecule has 4 N–H and O–H groups in total. The van der Waals surface area contributed by atoms with Crippen LogP contribution >= 0.6 is 0 Å². The molecule has 18 heavy (non-hydrogen) atoms. The molecule has 0 saturated heterocycles. The van der Waals surface area contributed by atoms with Crippen LogP contribution in [0.4, 0.5) is 5.69 Å². The van der Waals surface area contributed by atoms with Crippen LogP contribution in [0.25, 0.3) is 0 Å². The summed E-state index contributed by atoms with van der Waals surface area (Å²) in [5, 5.41) is 10.5. The normalized spacial score (nSPS) is 10.1. The van der Waals surface area contributed by atoms with Crippen molar-refractivity contribution in [2.75, 3.05) is 0 Å². The summed E-state index contributed by atoms with van der Waals surface area (Å²) in [6.45, 7) is -0.197. The van der Waals surface area contributed by atoms with Crippen LogP contribution in [0.3, 0.4) is 0 Å². The maximum Gasteiger partial charge on any atom is 0.350 e. The average Bonchev–Trinajstić information content (AvgIpc) is 2.27. The van der Waals surface area contributed by atoms with Gasteiger partial charge in [-0.05, 0) is 0 Å². The minimum Gasteiger partial charge on any atom is -0.356 e. The van der Waals surface area contributed by atoms with Crippen molar-refractivity contribution in [1.82, 2.24) is 15.1 Å². The van der Waals surface area contributed by atoms with Crippen molar-refractivity contribution in [2.24, 2.45) is 5.84 Å². The Kier molecular flexibility index (Phi) is 4.28. The zero-order valence-corrected chi connectivity index (χ0v) is 8.91. The molecule has 1 aromatic rings. The molecule has 11 heteroatoms. The Hall–Kier alpha value is -2.53. The number of carbonyl (C=O) groups is 1. The molecule has 0 aliphatic carbocycles.